The number of amides is 1. The van der Waals surface area contributed by atoms with E-state index in [1.807, 2.05) is 0 Å². The molecule has 1 N–H and O–H groups in total. The summed E-state index contributed by atoms with van der Waals surface area (Å²) in [6, 6.07) is 5.42. The van der Waals surface area contributed by atoms with Gasteiger partial charge >= 0.3 is 5.97 Å². The van der Waals surface area contributed by atoms with Gasteiger partial charge in [-0.1, -0.05) is 11.6 Å². The van der Waals surface area contributed by atoms with Crippen LogP contribution in [-0.2, 0) is 14.3 Å². The summed E-state index contributed by atoms with van der Waals surface area (Å²) in [5.41, 5.74) is 0.500. The van der Waals surface area contributed by atoms with Gasteiger partial charge in [-0.2, -0.15) is 0 Å². The average molecular weight is 256 g/mol. The van der Waals surface area contributed by atoms with E-state index in [0.717, 1.165) is 0 Å². The number of carbonyl (C=O) groups excluding carboxylic acids is 1. The number of aliphatic carboxylic acids is 1. The van der Waals surface area contributed by atoms with Crippen LogP contribution in [-0.4, -0.2) is 36.2 Å². The monoisotopic (exact) mass is 255 g/mol. The molecular weight excluding hydrogens is 246 g/mol. The van der Waals surface area contributed by atoms with E-state index in [1.54, 1.807) is 24.3 Å². The SMILES string of the molecule is CO[C@@H]1C(=O)N(c2ccc(Cl)cc2)[C@@H]1C(=O)O. The minimum atomic E-state index is -1.09. The molecule has 1 aliphatic heterocycles. The van der Waals surface area contributed by atoms with Crippen LogP contribution in [0.3, 0.4) is 0 Å². The van der Waals surface area contributed by atoms with Gasteiger partial charge in [0.05, 0.1) is 0 Å². The first-order valence-electron chi connectivity index (χ1n) is 4.90. The number of benzene rings is 1. The highest BCUT2D eigenvalue weighted by atomic mass is 35.5. The number of nitrogens with zero attached hydrogens (tertiary/aromatic N) is 1. The topological polar surface area (TPSA) is 66.8 Å². The molecule has 1 fully saturated rings. The molecule has 1 heterocycles. The molecule has 1 aromatic rings. The van der Waals surface area contributed by atoms with Gasteiger partial charge in [0.2, 0.25) is 0 Å². The highest BCUT2D eigenvalue weighted by molar-refractivity contribution is 6.30. The van der Waals surface area contributed by atoms with Crippen LogP contribution in [0.2, 0.25) is 5.02 Å². The van der Waals surface area contributed by atoms with Gasteiger partial charge in [0.15, 0.2) is 12.1 Å². The van der Waals surface area contributed by atoms with Gasteiger partial charge in [0.1, 0.15) is 0 Å². The number of ether oxygens (including phenoxy) is 1. The Morgan fingerprint density at radius 3 is 2.47 bits per heavy atom. The molecule has 1 amide bonds. The molecule has 0 radical (unpaired) electrons. The molecule has 0 spiro atoms. The molecular formula is C11H10ClNO4. The van der Waals surface area contributed by atoms with Gasteiger partial charge in [-0.15, -0.1) is 0 Å². The zero-order valence-electron chi connectivity index (χ0n) is 8.96. The lowest BCUT2D eigenvalue weighted by Crippen LogP contribution is -2.69. The molecule has 0 aromatic heterocycles. The Labute approximate surface area is 103 Å². The average Bonchev–Trinajstić information content (AvgIpc) is 2.28. The van der Waals surface area contributed by atoms with Gasteiger partial charge in [-0.05, 0) is 24.3 Å². The second-order valence-electron chi connectivity index (χ2n) is 3.62. The van der Waals surface area contributed by atoms with Crippen molar-refractivity contribution in [2.45, 2.75) is 12.1 Å². The summed E-state index contributed by atoms with van der Waals surface area (Å²) in [6.45, 7) is 0. The largest absolute Gasteiger partial charge is 0.480 e. The van der Waals surface area contributed by atoms with Crippen LogP contribution in [0.1, 0.15) is 0 Å². The number of hydrogen-bond donors (Lipinski definition) is 1. The van der Waals surface area contributed by atoms with Crippen LogP contribution in [0, 0.1) is 0 Å². The van der Waals surface area contributed by atoms with Crippen LogP contribution in [0.15, 0.2) is 24.3 Å². The van der Waals surface area contributed by atoms with E-state index < -0.39 is 18.1 Å². The number of hydrogen-bond acceptors (Lipinski definition) is 3. The number of carbonyl (C=O) groups is 2. The lowest BCUT2D eigenvalue weighted by Gasteiger charge is -2.43. The summed E-state index contributed by atoms with van der Waals surface area (Å²) in [4.78, 5) is 23.9. The zero-order chi connectivity index (χ0) is 12.6. The molecule has 1 saturated heterocycles. The molecule has 0 aliphatic carbocycles. The van der Waals surface area contributed by atoms with Gasteiger partial charge in [0, 0.05) is 17.8 Å². The molecule has 2 rings (SSSR count). The lowest BCUT2D eigenvalue weighted by atomic mass is 9.97. The maximum absolute atomic E-state index is 11.7. The molecule has 5 nitrogen and oxygen atoms in total. The lowest BCUT2D eigenvalue weighted by molar-refractivity contribution is -0.155. The van der Waals surface area contributed by atoms with Gasteiger partial charge in [-0.25, -0.2) is 4.79 Å². The minimum Gasteiger partial charge on any atom is -0.480 e. The number of rotatable bonds is 3. The van der Waals surface area contributed by atoms with E-state index in [9.17, 15) is 9.59 Å². The zero-order valence-corrected chi connectivity index (χ0v) is 9.72. The van der Waals surface area contributed by atoms with E-state index in [0.29, 0.717) is 10.7 Å². The Morgan fingerprint density at radius 2 is 2.00 bits per heavy atom. The van der Waals surface area contributed by atoms with E-state index in [2.05, 4.69) is 0 Å². The maximum Gasteiger partial charge on any atom is 0.330 e. The molecule has 0 unspecified atom stereocenters. The van der Waals surface area contributed by atoms with E-state index >= 15 is 0 Å². The third-order valence-electron chi connectivity index (χ3n) is 2.66. The molecule has 1 aromatic carbocycles. The Hall–Kier alpha value is -1.59. The van der Waals surface area contributed by atoms with Crippen molar-refractivity contribution < 1.29 is 19.4 Å². The van der Waals surface area contributed by atoms with Gasteiger partial charge < -0.3 is 9.84 Å². The summed E-state index contributed by atoms with van der Waals surface area (Å²) in [6.07, 6.45) is -0.914. The minimum absolute atomic E-state index is 0.359. The predicted molar refractivity (Wildman–Crippen MR) is 61.2 cm³/mol. The Morgan fingerprint density at radius 1 is 1.41 bits per heavy atom. The Kier molecular flexibility index (Phi) is 3.04. The standard InChI is InChI=1S/C11H10ClNO4/c1-17-9-8(11(15)16)13(10(9)14)7-4-2-6(12)3-5-7/h2-5,8-9H,1H3,(H,15,16)/t8-,9-/m0/s1. The highest BCUT2D eigenvalue weighted by Gasteiger charge is 2.53. The fraction of sp³-hybridized carbons (Fsp3) is 0.273. The number of anilines is 1. The number of halogens is 1. The quantitative estimate of drug-likeness (QED) is 0.823. The smallest absolute Gasteiger partial charge is 0.330 e. The first kappa shape index (κ1) is 11.9. The number of carboxylic acids is 1. The van der Waals surface area contributed by atoms with Crippen LogP contribution in [0.5, 0.6) is 0 Å². The third kappa shape index (κ3) is 1.87. The fourth-order valence-electron chi connectivity index (χ4n) is 1.82. The van der Waals surface area contributed by atoms with Crippen molar-refractivity contribution in [3.8, 4) is 0 Å². The molecule has 1 aliphatic rings. The number of β-lactam (4-membered cyclic amide) rings is 1. The number of carboxylic acid groups (broad SMARTS) is 1. The maximum atomic E-state index is 11.7. The summed E-state index contributed by atoms with van der Waals surface area (Å²) < 4.78 is 4.85. The summed E-state index contributed by atoms with van der Waals surface area (Å²) in [5.74, 6) is -1.45. The molecule has 0 bridgehead atoms. The van der Waals surface area contributed by atoms with Crippen LogP contribution < -0.4 is 4.90 Å². The van der Waals surface area contributed by atoms with Crippen LogP contribution >= 0.6 is 11.6 Å². The van der Waals surface area contributed by atoms with E-state index in [-0.39, 0.29) is 5.91 Å². The highest BCUT2D eigenvalue weighted by Crippen LogP contribution is 2.30. The predicted octanol–water partition coefficient (Wildman–Crippen LogP) is 1.15. The first-order valence-corrected chi connectivity index (χ1v) is 5.28. The number of methoxy groups -OCH3 is 1. The summed E-state index contributed by atoms with van der Waals surface area (Å²) >= 11 is 5.72. The van der Waals surface area contributed by atoms with Crippen molar-refractivity contribution in [3.63, 3.8) is 0 Å². The van der Waals surface area contributed by atoms with Crippen molar-refractivity contribution in [2.24, 2.45) is 0 Å². The van der Waals surface area contributed by atoms with Gasteiger partial charge in [0.25, 0.3) is 5.91 Å². The first-order chi connectivity index (χ1) is 8.06. The van der Waals surface area contributed by atoms with Crippen LogP contribution in [0.25, 0.3) is 0 Å². The Balaban J connectivity index is 2.29. The molecule has 90 valence electrons. The molecule has 0 saturated carbocycles. The fourth-order valence-corrected chi connectivity index (χ4v) is 1.95. The summed E-state index contributed by atoms with van der Waals surface area (Å²) in [5, 5.41) is 9.56. The second-order valence-corrected chi connectivity index (χ2v) is 4.06. The van der Waals surface area contributed by atoms with Crippen molar-refractivity contribution in [2.75, 3.05) is 12.0 Å². The summed E-state index contributed by atoms with van der Waals surface area (Å²) in [7, 11) is 1.32. The second kappa shape index (κ2) is 4.35. The van der Waals surface area contributed by atoms with Crippen LogP contribution in [0.4, 0.5) is 5.69 Å². The van der Waals surface area contributed by atoms with Crippen molar-refractivity contribution in [1.29, 1.82) is 0 Å². The molecule has 17 heavy (non-hydrogen) atoms. The van der Waals surface area contributed by atoms with Crippen molar-refractivity contribution in [1.82, 2.24) is 0 Å². The van der Waals surface area contributed by atoms with Gasteiger partial charge in [-0.3, -0.25) is 9.69 Å². The third-order valence-corrected chi connectivity index (χ3v) is 2.91. The van der Waals surface area contributed by atoms with Crippen molar-refractivity contribution >= 4 is 29.2 Å². The van der Waals surface area contributed by atoms with E-state index in [4.69, 9.17) is 21.4 Å². The normalized spacial score (nSPS) is 23.4. The van der Waals surface area contributed by atoms with Crippen molar-refractivity contribution in [3.05, 3.63) is 29.3 Å². The van der Waals surface area contributed by atoms with E-state index in [1.165, 1.54) is 12.0 Å². The molecule has 6 heteroatoms. The molecule has 2 atom stereocenters. The Bertz CT molecular complexity index is 459.